The van der Waals surface area contributed by atoms with Crippen molar-refractivity contribution >= 4 is 11.2 Å². The van der Waals surface area contributed by atoms with Crippen molar-refractivity contribution in [3.05, 3.63) is 82.3 Å². The highest BCUT2D eigenvalue weighted by atomic mass is 16.5. The maximum atomic E-state index is 6.06. The largest absolute Gasteiger partial charge is 0.489 e. The number of hydrogen-bond donors (Lipinski definition) is 1. The van der Waals surface area contributed by atoms with Gasteiger partial charge < -0.3 is 9.30 Å². The van der Waals surface area contributed by atoms with Crippen LogP contribution in [0.15, 0.2) is 48.5 Å². The van der Waals surface area contributed by atoms with Crippen LogP contribution >= 0.6 is 0 Å². The number of tetrazole rings is 1. The third-order valence-corrected chi connectivity index (χ3v) is 6.02. The number of aromatic amines is 1. The molecule has 0 amide bonds. The van der Waals surface area contributed by atoms with Crippen LogP contribution in [0.2, 0.25) is 0 Å². The van der Waals surface area contributed by atoms with Crippen molar-refractivity contribution in [2.24, 2.45) is 0 Å². The zero-order chi connectivity index (χ0) is 23.7. The molecule has 0 fully saturated rings. The van der Waals surface area contributed by atoms with Gasteiger partial charge in [-0.1, -0.05) is 31.2 Å². The predicted molar refractivity (Wildman–Crippen MR) is 131 cm³/mol. The second kappa shape index (κ2) is 9.05. The highest BCUT2D eigenvalue weighted by molar-refractivity contribution is 5.76. The van der Waals surface area contributed by atoms with Gasteiger partial charge in [-0.15, -0.1) is 10.2 Å². The number of hydrogen-bond acceptors (Lipinski definition) is 6. The van der Waals surface area contributed by atoms with Crippen molar-refractivity contribution in [3.63, 3.8) is 0 Å². The Kier molecular flexibility index (Phi) is 5.79. The number of rotatable bonds is 7. The zero-order valence-electron chi connectivity index (χ0n) is 19.8. The van der Waals surface area contributed by atoms with Crippen LogP contribution in [0.1, 0.15) is 40.7 Å². The first kappa shape index (κ1) is 21.8. The molecule has 0 aliphatic rings. The van der Waals surface area contributed by atoms with Crippen LogP contribution in [-0.2, 0) is 19.6 Å². The topological polar surface area (TPSA) is 94.4 Å². The first-order valence-electron chi connectivity index (χ1n) is 11.4. The second-order valence-corrected chi connectivity index (χ2v) is 8.53. The number of imidazole rings is 1. The number of benzene rings is 2. The third kappa shape index (κ3) is 4.26. The average molecular weight is 454 g/mol. The number of aromatic nitrogens is 7. The smallest absolute Gasteiger partial charge is 0.204 e. The van der Waals surface area contributed by atoms with Crippen LogP contribution in [0.3, 0.4) is 0 Å². The zero-order valence-corrected chi connectivity index (χ0v) is 19.8. The molecule has 3 heterocycles. The molecule has 8 nitrogen and oxygen atoms in total. The van der Waals surface area contributed by atoms with E-state index in [9.17, 15) is 0 Å². The van der Waals surface area contributed by atoms with Crippen LogP contribution in [0, 0.1) is 20.8 Å². The fraction of sp³-hybridized carbons (Fsp3) is 0.269. The number of nitrogens with one attached hydrogen (secondary N) is 1. The molecule has 3 aromatic heterocycles. The Morgan fingerprint density at radius 3 is 2.47 bits per heavy atom. The summed E-state index contributed by atoms with van der Waals surface area (Å²) in [4.78, 5) is 9.62. The van der Waals surface area contributed by atoms with Crippen LogP contribution in [0.25, 0.3) is 22.6 Å². The number of nitrogens with zero attached hydrogens (tertiary/aromatic N) is 6. The van der Waals surface area contributed by atoms with E-state index in [2.05, 4.69) is 64.2 Å². The quantitative estimate of drug-likeness (QED) is 0.383. The third-order valence-electron chi connectivity index (χ3n) is 6.02. The maximum Gasteiger partial charge on any atom is 0.204 e. The lowest BCUT2D eigenvalue weighted by molar-refractivity contribution is 0.305. The Labute approximate surface area is 198 Å². The number of H-pyrrole nitrogens is 1. The van der Waals surface area contributed by atoms with E-state index >= 15 is 0 Å². The predicted octanol–water partition coefficient (Wildman–Crippen LogP) is 4.73. The molecular formula is C26H27N7O. The fourth-order valence-electron chi connectivity index (χ4n) is 4.20. The van der Waals surface area contributed by atoms with Gasteiger partial charge in [-0.05, 0) is 72.5 Å². The highest BCUT2D eigenvalue weighted by Gasteiger charge is 2.14. The van der Waals surface area contributed by atoms with Gasteiger partial charge in [0.05, 0.1) is 6.54 Å². The summed E-state index contributed by atoms with van der Waals surface area (Å²) in [5, 5.41) is 14.2. The van der Waals surface area contributed by atoms with Gasteiger partial charge in [0.2, 0.25) is 5.82 Å². The lowest BCUT2D eigenvalue weighted by Crippen LogP contribution is -2.06. The Morgan fingerprint density at radius 1 is 0.941 bits per heavy atom. The second-order valence-electron chi connectivity index (χ2n) is 8.53. The van der Waals surface area contributed by atoms with E-state index in [4.69, 9.17) is 14.7 Å². The van der Waals surface area contributed by atoms with Gasteiger partial charge in [0.1, 0.15) is 23.7 Å². The molecule has 34 heavy (non-hydrogen) atoms. The maximum absolute atomic E-state index is 6.06. The van der Waals surface area contributed by atoms with Crippen molar-refractivity contribution in [3.8, 4) is 17.1 Å². The summed E-state index contributed by atoms with van der Waals surface area (Å²) >= 11 is 0. The highest BCUT2D eigenvalue weighted by Crippen LogP contribution is 2.23. The van der Waals surface area contributed by atoms with Gasteiger partial charge in [0.25, 0.3) is 0 Å². The Morgan fingerprint density at radius 2 is 1.76 bits per heavy atom. The number of fused-ring (bicyclic) bond motifs is 1. The molecule has 5 rings (SSSR count). The van der Waals surface area contributed by atoms with E-state index in [1.54, 1.807) is 0 Å². The molecule has 1 N–H and O–H groups in total. The van der Waals surface area contributed by atoms with Crippen LogP contribution < -0.4 is 4.74 Å². The lowest BCUT2D eigenvalue weighted by atomic mass is 10.1. The van der Waals surface area contributed by atoms with Crippen molar-refractivity contribution < 1.29 is 4.74 Å². The fourth-order valence-corrected chi connectivity index (χ4v) is 4.20. The van der Waals surface area contributed by atoms with Crippen molar-refractivity contribution in [2.45, 2.75) is 47.3 Å². The van der Waals surface area contributed by atoms with Gasteiger partial charge in [0.15, 0.2) is 5.65 Å². The molecule has 172 valence electrons. The molecule has 5 aromatic rings. The minimum atomic E-state index is 0.492. The minimum Gasteiger partial charge on any atom is -0.489 e. The molecular weight excluding hydrogens is 426 g/mol. The Balaban J connectivity index is 1.30. The van der Waals surface area contributed by atoms with Crippen molar-refractivity contribution in [2.75, 3.05) is 0 Å². The standard InChI is InChI=1S/C26H27N7O/c1-5-23-28-24-17(3)12-18(4)27-26(24)33(23)14-19-6-10-22(11-7-19)34-15-21-9-8-20(13-16(21)2)25-29-31-32-30-25/h6-13H,5,14-15H2,1-4H3,(H,29,30,31,32). The Hall–Kier alpha value is -4.07. The van der Waals surface area contributed by atoms with Gasteiger partial charge in [0, 0.05) is 17.7 Å². The molecule has 0 radical (unpaired) electrons. The molecule has 0 spiro atoms. The monoisotopic (exact) mass is 453 g/mol. The lowest BCUT2D eigenvalue weighted by Gasteiger charge is -2.11. The van der Waals surface area contributed by atoms with Crippen molar-refractivity contribution in [1.82, 2.24) is 35.2 Å². The molecule has 0 bridgehead atoms. The SMILES string of the molecule is CCc1nc2c(C)cc(C)nc2n1Cc1ccc(OCc2ccc(-c3nn[nH]n3)cc2C)cc1. The summed E-state index contributed by atoms with van der Waals surface area (Å²) in [6.07, 6.45) is 0.862. The summed E-state index contributed by atoms with van der Waals surface area (Å²) in [6, 6.07) is 16.4. The van der Waals surface area contributed by atoms with E-state index in [1.807, 2.05) is 37.3 Å². The van der Waals surface area contributed by atoms with Crippen molar-refractivity contribution in [1.29, 1.82) is 0 Å². The van der Waals surface area contributed by atoms with Crippen LogP contribution in [-0.4, -0.2) is 35.2 Å². The number of aryl methyl sites for hydroxylation is 4. The van der Waals surface area contributed by atoms with E-state index < -0.39 is 0 Å². The molecule has 0 saturated heterocycles. The van der Waals surface area contributed by atoms with Gasteiger partial charge in [-0.2, -0.15) is 5.21 Å². The molecule has 0 aliphatic carbocycles. The molecule has 0 aliphatic heterocycles. The molecule has 0 saturated carbocycles. The molecule has 0 atom stereocenters. The summed E-state index contributed by atoms with van der Waals surface area (Å²) in [7, 11) is 0. The molecule has 2 aromatic carbocycles. The van der Waals surface area contributed by atoms with Crippen LogP contribution in [0.5, 0.6) is 5.75 Å². The van der Waals surface area contributed by atoms with Gasteiger partial charge >= 0.3 is 0 Å². The average Bonchev–Trinajstić information content (AvgIpc) is 3.48. The summed E-state index contributed by atoms with van der Waals surface area (Å²) in [5.74, 6) is 2.47. The first-order valence-corrected chi connectivity index (χ1v) is 11.4. The summed E-state index contributed by atoms with van der Waals surface area (Å²) in [5.41, 5.74) is 8.47. The van der Waals surface area contributed by atoms with E-state index in [-0.39, 0.29) is 0 Å². The van der Waals surface area contributed by atoms with E-state index in [0.717, 1.165) is 58.1 Å². The normalized spacial score (nSPS) is 11.3. The number of pyridine rings is 1. The summed E-state index contributed by atoms with van der Waals surface area (Å²) in [6.45, 7) is 9.54. The first-order chi connectivity index (χ1) is 16.5. The van der Waals surface area contributed by atoms with E-state index in [1.165, 1.54) is 11.1 Å². The molecule has 8 heteroatoms. The minimum absolute atomic E-state index is 0.492. The molecule has 0 unspecified atom stereocenters. The van der Waals surface area contributed by atoms with Gasteiger partial charge in [-0.3, -0.25) is 0 Å². The van der Waals surface area contributed by atoms with Gasteiger partial charge in [-0.25, -0.2) is 9.97 Å². The van der Waals surface area contributed by atoms with E-state index in [0.29, 0.717) is 12.4 Å². The summed E-state index contributed by atoms with van der Waals surface area (Å²) < 4.78 is 8.28. The Bertz CT molecular complexity index is 1440. The van der Waals surface area contributed by atoms with Crippen LogP contribution in [0.4, 0.5) is 0 Å². The number of ether oxygens (including phenoxy) is 1.